The summed E-state index contributed by atoms with van der Waals surface area (Å²) in [6, 6.07) is 0. The van der Waals surface area contributed by atoms with E-state index in [1.807, 2.05) is 27.7 Å². The minimum absolute atomic E-state index is 0.326. The SMILES string of the molecule is CC1CC(O)CN(C(=O)OC(C)(C)C)C1. The minimum Gasteiger partial charge on any atom is -0.444 e. The Bertz CT molecular complexity index is 224. The number of amides is 1. The smallest absolute Gasteiger partial charge is 0.410 e. The molecule has 1 N–H and O–H groups in total. The van der Waals surface area contributed by atoms with Crippen molar-refractivity contribution in [2.24, 2.45) is 5.92 Å². The number of piperidine rings is 1. The van der Waals surface area contributed by atoms with Crippen molar-refractivity contribution in [3.05, 3.63) is 0 Å². The lowest BCUT2D eigenvalue weighted by molar-refractivity contribution is -0.00539. The predicted molar refractivity (Wildman–Crippen MR) is 57.6 cm³/mol. The molecule has 1 saturated heterocycles. The highest BCUT2D eigenvalue weighted by Crippen LogP contribution is 2.18. The average Bonchev–Trinajstić information content (AvgIpc) is 1.98. The van der Waals surface area contributed by atoms with Crippen molar-refractivity contribution in [3.8, 4) is 0 Å². The fourth-order valence-electron chi connectivity index (χ4n) is 1.79. The van der Waals surface area contributed by atoms with Gasteiger partial charge in [-0.3, -0.25) is 0 Å². The third-order valence-electron chi connectivity index (χ3n) is 2.29. The quantitative estimate of drug-likeness (QED) is 0.668. The molecule has 1 fully saturated rings. The van der Waals surface area contributed by atoms with Crippen molar-refractivity contribution in [1.82, 2.24) is 4.90 Å². The summed E-state index contributed by atoms with van der Waals surface area (Å²) in [5.74, 6) is 0.335. The molecule has 1 heterocycles. The number of hydrogen-bond donors (Lipinski definition) is 1. The molecule has 15 heavy (non-hydrogen) atoms. The van der Waals surface area contributed by atoms with Gasteiger partial charge in [0.2, 0.25) is 0 Å². The van der Waals surface area contributed by atoms with Gasteiger partial charge in [0.05, 0.1) is 6.10 Å². The van der Waals surface area contributed by atoms with Crippen LogP contribution in [0.15, 0.2) is 0 Å². The Hall–Kier alpha value is -0.770. The van der Waals surface area contributed by atoms with Crippen LogP contribution in [0.25, 0.3) is 0 Å². The summed E-state index contributed by atoms with van der Waals surface area (Å²) in [6.45, 7) is 8.61. The van der Waals surface area contributed by atoms with Crippen molar-refractivity contribution in [2.75, 3.05) is 13.1 Å². The largest absolute Gasteiger partial charge is 0.444 e. The van der Waals surface area contributed by atoms with Gasteiger partial charge in [-0.15, -0.1) is 0 Å². The summed E-state index contributed by atoms with van der Waals surface area (Å²) in [4.78, 5) is 13.3. The molecular weight excluding hydrogens is 194 g/mol. The van der Waals surface area contributed by atoms with E-state index in [0.717, 1.165) is 6.42 Å². The standard InChI is InChI=1S/C11H21NO3/c1-8-5-9(13)7-12(6-8)10(14)15-11(2,3)4/h8-9,13H,5-7H2,1-4H3. The van der Waals surface area contributed by atoms with Crippen molar-refractivity contribution in [1.29, 1.82) is 0 Å². The minimum atomic E-state index is -0.470. The molecule has 0 radical (unpaired) electrons. The van der Waals surface area contributed by atoms with Gasteiger partial charge < -0.3 is 14.7 Å². The Morgan fingerprint density at radius 2 is 2.00 bits per heavy atom. The van der Waals surface area contributed by atoms with Crippen LogP contribution in [-0.2, 0) is 4.74 Å². The molecule has 0 aromatic carbocycles. The Kier molecular flexibility index (Phi) is 3.60. The van der Waals surface area contributed by atoms with Gasteiger partial charge >= 0.3 is 6.09 Å². The van der Waals surface area contributed by atoms with Gasteiger partial charge in [0, 0.05) is 13.1 Å². The highest BCUT2D eigenvalue weighted by molar-refractivity contribution is 5.68. The van der Waals surface area contributed by atoms with Crippen LogP contribution in [0.4, 0.5) is 4.79 Å². The van der Waals surface area contributed by atoms with Crippen molar-refractivity contribution >= 4 is 6.09 Å². The first kappa shape index (κ1) is 12.3. The zero-order valence-corrected chi connectivity index (χ0v) is 9.99. The third kappa shape index (κ3) is 4.08. The van der Waals surface area contributed by atoms with Crippen LogP contribution in [0.5, 0.6) is 0 Å². The van der Waals surface area contributed by atoms with E-state index in [0.29, 0.717) is 19.0 Å². The van der Waals surface area contributed by atoms with E-state index < -0.39 is 11.7 Å². The maximum absolute atomic E-state index is 11.7. The van der Waals surface area contributed by atoms with Gasteiger partial charge in [-0.2, -0.15) is 0 Å². The van der Waals surface area contributed by atoms with E-state index in [1.54, 1.807) is 4.90 Å². The molecule has 4 nitrogen and oxygen atoms in total. The van der Waals surface area contributed by atoms with Gasteiger partial charge in [-0.05, 0) is 33.1 Å². The second kappa shape index (κ2) is 4.39. The van der Waals surface area contributed by atoms with Gasteiger partial charge in [0.1, 0.15) is 5.60 Å². The average molecular weight is 215 g/mol. The molecular formula is C11H21NO3. The molecule has 1 amide bonds. The number of aliphatic hydroxyl groups is 1. The van der Waals surface area contributed by atoms with Crippen LogP contribution >= 0.6 is 0 Å². The Morgan fingerprint density at radius 1 is 1.40 bits per heavy atom. The first-order valence-electron chi connectivity index (χ1n) is 5.44. The normalized spacial score (nSPS) is 27.7. The number of nitrogens with zero attached hydrogens (tertiary/aromatic N) is 1. The monoisotopic (exact) mass is 215 g/mol. The van der Waals surface area contributed by atoms with E-state index >= 15 is 0 Å². The van der Waals surface area contributed by atoms with Gasteiger partial charge in [0.15, 0.2) is 0 Å². The summed E-state index contributed by atoms with van der Waals surface area (Å²) in [5, 5.41) is 9.55. The molecule has 0 aliphatic carbocycles. The highest BCUT2D eigenvalue weighted by Gasteiger charge is 2.29. The molecule has 0 saturated carbocycles. The van der Waals surface area contributed by atoms with Crippen LogP contribution in [0.3, 0.4) is 0 Å². The van der Waals surface area contributed by atoms with Crippen molar-refractivity contribution < 1.29 is 14.6 Å². The number of hydrogen-bond acceptors (Lipinski definition) is 3. The number of aliphatic hydroxyl groups excluding tert-OH is 1. The van der Waals surface area contributed by atoms with Crippen LogP contribution < -0.4 is 0 Å². The first-order chi connectivity index (χ1) is 6.78. The molecule has 0 spiro atoms. The third-order valence-corrected chi connectivity index (χ3v) is 2.29. The van der Waals surface area contributed by atoms with E-state index in [4.69, 9.17) is 4.74 Å². The van der Waals surface area contributed by atoms with E-state index in [-0.39, 0.29) is 6.09 Å². The lowest BCUT2D eigenvalue weighted by Crippen LogP contribution is -2.47. The topological polar surface area (TPSA) is 49.8 Å². The molecule has 2 atom stereocenters. The summed E-state index contributed by atoms with van der Waals surface area (Å²) in [6.07, 6.45) is 0.0219. The van der Waals surface area contributed by atoms with Crippen LogP contribution in [0.2, 0.25) is 0 Å². The van der Waals surface area contributed by atoms with Crippen LogP contribution in [0, 0.1) is 5.92 Å². The fourth-order valence-corrected chi connectivity index (χ4v) is 1.79. The molecule has 1 rings (SSSR count). The Balaban J connectivity index is 2.52. The lowest BCUT2D eigenvalue weighted by Gasteiger charge is -2.35. The molecule has 1 aliphatic heterocycles. The predicted octanol–water partition coefficient (Wildman–Crippen LogP) is 1.62. The van der Waals surface area contributed by atoms with Crippen LogP contribution in [0.1, 0.15) is 34.1 Å². The maximum atomic E-state index is 11.7. The molecule has 0 aromatic rings. The van der Waals surface area contributed by atoms with Crippen molar-refractivity contribution in [2.45, 2.75) is 45.8 Å². The molecule has 0 aromatic heterocycles. The number of likely N-dealkylation sites (tertiary alicyclic amines) is 1. The highest BCUT2D eigenvalue weighted by atomic mass is 16.6. The zero-order chi connectivity index (χ0) is 11.6. The Labute approximate surface area is 91.2 Å². The Morgan fingerprint density at radius 3 is 2.47 bits per heavy atom. The first-order valence-corrected chi connectivity index (χ1v) is 5.44. The molecule has 2 unspecified atom stereocenters. The van der Waals surface area contributed by atoms with Gasteiger partial charge in [-0.1, -0.05) is 6.92 Å². The molecule has 88 valence electrons. The fraction of sp³-hybridized carbons (Fsp3) is 0.909. The second-order valence-corrected chi connectivity index (χ2v) is 5.38. The number of rotatable bonds is 0. The van der Waals surface area contributed by atoms with Gasteiger partial charge in [0.25, 0.3) is 0 Å². The molecule has 4 heteroatoms. The number of β-amino-alcohol motifs (C(OH)–C–C–N with tert-alkyl or cyclic N) is 1. The van der Waals surface area contributed by atoms with E-state index in [2.05, 4.69) is 0 Å². The number of carbonyl (C=O) groups excluding carboxylic acids is 1. The zero-order valence-electron chi connectivity index (χ0n) is 9.99. The van der Waals surface area contributed by atoms with E-state index in [1.165, 1.54) is 0 Å². The summed E-state index contributed by atoms with van der Waals surface area (Å²) in [5.41, 5.74) is -0.470. The second-order valence-electron chi connectivity index (χ2n) is 5.38. The number of carbonyl (C=O) groups is 1. The summed E-state index contributed by atoms with van der Waals surface area (Å²) < 4.78 is 5.25. The maximum Gasteiger partial charge on any atom is 0.410 e. The van der Waals surface area contributed by atoms with Crippen LogP contribution in [-0.4, -0.2) is 40.9 Å². The lowest BCUT2D eigenvalue weighted by atomic mass is 9.98. The van der Waals surface area contributed by atoms with E-state index in [9.17, 15) is 9.90 Å². The summed E-state index contributed by atoms with van der Waals surface area (Å²) in [7, 11) is 0. The number of ether oxygens (including phenoxy) is 1. The van der Waals surface area contributed by atoms with Crippen molar-refractivity contribution in [3.63, 3.8) is 0 Å². The molecule has 1 aliphatic rings. The summed E-state index contributed by atoms with van der Waals surface area (Å²) >= 11 is 0. The molecule has 0 bridgehead atoms. The van der Waals surface area contributed by atoms with Gasteiger partial charge in [-0.25, -0.2) is 4.79 Å².